The van der Waals surface area contributed by atoms with Crippen LogP contribution in [-0.4, -0.2) is 35.4 Å². The normalized spacial score (nSPS) is 11.4. The highest BCUT2D eigenvalue weighted by Gasteiger charge is 2.28. The van der Waals surface area contributed by atoms with E-state index in [-0.39, 0.29) is 30.6 Å². The van der Waals surface area contributed by atoms with Crippen molar-refractivity contribution in [3.05, 3.63) is 29.3 Å². The molecule has 0 bridgehead atoms. The molecule has 0 aromatic heterocycles. The number of carboxylic acid groups (broad SMARTS) is 1. The van der Waals surface area contributed by atoms with Crippen molar-refractivity contribution in [1.82, 2.24) is 0 Å². The Kier molecular flexibility index (Phi) is 5.81. The van der Waals surface area contributed by atoms with Gasteiger partial charge in [-0.2, -0.15) is 13.2 Å². The fourth-order valence-corrected chi connectivity index (χ4v) is 2.06. The van der Waals surface area contributed by atoms with Crippen molar-refractivity contribution < 1.29 is 23.1 Å². The third-order valence-corrected chi connectivity index (χ3v) is 3.11. The van der Waals surface area contributed by atoms with E-state index in [1.54, 1.807) is 24.3 Å². The van der Waals surface area contributed by atoms with Gasteiger partial charge in [0, 0.05) is 23.0 Å². The minimum atomic E-state index is -4.31. The van der Waals surface area contributed by atoms with Crippen LogP contribution in [0.1, 0.15) is 0 Å². The average Bonchev–Trinajstić information content (AvgIpc) is 2.26. The molecule has 1 aromatic rings. The SMILES string of the molecule is O=C(O)CN(CCSC(F)(F)F)c1ccc(Cl)cc1. The Morgan fingerprint density at radius 3 is 2.37 bits per heavy atom. The van der Waals surface area contributed by atoms with Gasteiger partial charge in [-0.05, 0) is 36.0 Å². The monoisotopic (exact) mass is 313 g/mol. The molecule has 1 rings (SSSR count). The summed E-state index contributed by atoms with van der Waals surface area (Å²) in [6.45, 7) is -0.377. The molecule has 0 unspecified atom stereocenters. The third-order valence-electron chi connectivity index (χ3n) is 2.14. The van der Waals surface area contributed by atoms with Gasteiger partial charge in [0.25, 0.3) is 0 Å². The van der Waals surface area contributed by atoms with Crippen molar-refractivity contribution in [1.29, 1.82) is 0 Å². The third kappa shape index (κ3) is 6.58. The van der Waals surface area contributed by atoms with Crippen LogP contribution in [0.25, 0.3) is 0 Å². The lowest BCUT2D eigenvalue weighted by Gasteiger charge is -2.23. The number of anilines is 1. The quantitative estimate of drug-likeness (QED) is 0.873. The number of benzene rings is 1. The molecule has 8 heteroatoms. The van der Waals surface area contributed by atoms with Gasteiger partial charge in [0.05, 0.1) is 0 Å². The second-order valence-corrected chi connectivity index (χ2v) is 5.18. The summed E-state index contributed by atoms with van der Waals surface area (Å²) >= 11 is 5.52. The summed E-state index contributed by atoms with van der Waals surface area (Å²) in [5.74, 6) is -1.34. The molecule has 1 aromatic carbocycles. The number of halogens is 4. The summed E-state index contributed by atoms with van der Waals surface area (Å²) in [4.78, 5) is 12.1. The van der Waals surface area contributed by atoms with Crippen LogP contribution < -0.4 is 4.90 Å². The highest BCUT2D eigenvalue weighted by molar-refractivity contribution is 8.00. The molecule has 0 aliphatic rings. The Morgan fingerprint density at radius 1 is 1.32 bits per heavy atom. The zero-order valence-corrected chi connectivity index (χ0v) is 11.2. The fourth-order valence-electron chi connectivity index (χ4n) is 1.39. The molecule has 1 N–H and O–H groups in total. The number of carbonyl (C=O) groups is 1. The van der Waals surface area contributed by atoms with E-state index in [0.717, 1.165) is 0 Å². The van der Waals surface area contributed by atoms with E-state index in [4.69, 9.17) is 16.7 Å². The summed E-state index contributed by atoms with van der Waals surface area (Å²) in [6, 6.07) is 6.26. The standard InChI is InChI=1S/C11H11ClF3NO2S/c12-8-1-3-9(4-2-8)16(7-10(17)18)5-6-19-11(13,14)15/h1-4H,5-7H2,(H,17,18). The number of rotatable bonds is 6. The summed E-state index contributed by atoms with van der Waals surface area (Å²) in [5.41, 5.74) is -3.79. The number of hydrogen-bond donors (Lipinski definition) is 1. The van der Waals surface area contributed by atoms with Gasteiger partial charge in [0.2, 0.25) is 0 Å². The van der Waals surface area contributed by atoms with Crippen LogP contribution >= 0.6 is 23.4 Å². The van der Waals surface area contributed by atoms with Gasteiger partial charge in [-0.3, -0.25) is 4.79 Å². The number of carboxylic acids is 1. The lowest BCUT2D eigenvalue weighted by atomic mass is 10.3. The molecule has 3 nitrogen and oxygen atoms in total. The van der Waals surface area contributed by atoms with Crippen molar-refractivity contribution in [2.75, 3.05) is 23.7 Å². The maximum Gasteiger partial charge on any atom is 0.441 e. The van der Waals surface area contributed by atoms with E-state index < -0.39 is 11.5 Å². The number of nitrogens with zero attached hydrogens (tertiary/aromatic N) is 1. The first-order valence-corrected chi connectivity index (χ1v) is 6.57. The number of hydrogen-bond acceptors (Lipinski definition) is 3. The molecular formula is C11H11ClF3NO2S. The molecule has 0 heterocycles. The van der Waals surface area contributed by atoms with Crippen molar-refractivity contribution in [3.8, 4) is 0 Å². The van der Waals surface area contributed by atoms with Crippen LogP contribution in [0, 0.1) is 0 Å². The van der Waals surface area contributed by atoms with E-state index in [1.165, 1.54) is 4.90 Å². The Bertz CT molecular complexity index is 425. The number of aliphatic carboxylic acids is 1. The van der Waals surface area contributed by atoms with Crippen LogP contribution in [0.15, 0.2) is 24.3 Å². The van der Waals surface area contributed by atoms with Gasteiger partial charge in [-0.25, -0.2) is 0 Å². The number of alkyl halides is 3. The topological polar surface area (TPSA) is 40.5 Å². The molecule has 0 saturated carbocycles. The second kappa shape index (κ2) is 6.91. The molecule has 0 amide bonds. The molecule has 0 aliphatic carbocycles. The minimum Gasteiger partial charge on any atom is -0.480 e. The summed E-state index contributed by atoms with van der Waals surface area (Å²) in [7, 11) is 0. The molecule has 0 saturated heterocycles. The maximum absolute atomic E-state index is 12.0. The minimum absolute atomic E-state index is 0.0158. The van der Waals surface area contributed by atoms with Crippen molar-refractivity contribution in [3.63, 3.8) is 0 Å². The Balaban J connectivity index is 2.66. The Hall–Kier alpha value is -1.08. The zero-order valence-electron chi connectivity index (χ0n) is 9.65. The highest BCUT2D eigenvalue weighted by Crippen LogP contribution is 2.30. The second-order valence-electron chi connectivity index (χ2n) is 3.59. The molecule has 19 heavy (non-hydrogen) atoms. The van der Waals surface area contributed by atoms with Gasteiger partial charge in [-0.1, -0.05) is 11.6 Å². The largest absolute Gasteiger partial charge is 0.480 e. The lowest BCUT2D eigenvalue weighted by Crippen LogP contribution is -2.32. The molecule has 0 atom stereocenters. The van der Waals surface area contributed by atoms with Gasteiger partial charge >= 0.3 is 11.5 Å². The average molecular weight is 314 g/mol. The van der Waals surface area contributed by atoms with Crippen LogP contribution in [0.2, 0.25) is 5.02 Å². The van der Waals surface area contributed by atoms with Crippen molar-refractivity contribution in [2.24, 2.45) is 0 Å². The lowest BCUT2D eigenvalue weighted by molar-refractivity contribution is -0.135. The van der Waals surface area contributed by atoms with Crippen molar-refractivity contribution in [2.45, 2.75) is 5.51 Å². The summed E-state index contributed by atoms with van der Waals surface area (Å²) in [6.07, 6.45) is 0. The Labute approximate surface area is 117 Å². The molecule has 0 aliphatic heterocycles. The van der Waals surface area contributed by atoms with E-state index in [9.17, 15) is 18.0 Å². The summed E-state index contributed by atoms with van der Waals surface area (Å²) in [5, 5.41) is 9.24. The molecule has 0 spiro atoms. The molecule has 106 valence electrons. The molecule has 0 fully saturated rings. The number of thioether (sulfide) groups is 1. The highest BCUT2D eigenvalue weighted by atomic mass is 35.5. The van der Waals surface area contributed by atoms with E-state index in [2.05, 4.69) is 0 Å². The predicted octanol–water partition coefficient (Wildman–Crippen LogP) is 3.48. The van der Waals surface area contributed by atoms with E-state index in [0.29, 0.717) is 10.7 Å². The van der Waals surface area contributed by atoms with Crippen LogP contribution in [-0.2, 0) is 4.79 Å². The summed E-state index contributed by atoms with van der Waals surface area (Å²) < 4.78 is 36.1. The first-order valence-electron chi connectivity index (χ1n) is 5.21. The van der Waals surface area contributed by atoms with Gasteiger partial charge in [0.1, 0.15) is 6.54 Å². The smallest absolute Gasteiger partial charge is 0.441 e. The first kappa shape index (κ1) is 16.0. The van der Waals surface area contributed by atoms with E-state index in [1.807, 2.05) is 0 Å². The van der Waals surface area contributed by atoms with Crippen LogP contribution in [0.4, 0.5) is 18.9 Å². The first-order chi connectivity index (χ1) is 8.78. The zero-order chi connectivity index (χ0) is 14.5. The van der Waals surface area contributed by atoms with Crippen LogP contribution in [0.3, 0.4) is 0 Å². The van der Waals surface area contributed by atoms with Gasteiger partial charge in [0.15, 0.2) is 0 Å². The fraction of sp³-hybridized carbons (Fsp3) is 0.364. The van der Waals surface area contributed by atoms with E-state index >= 15 is 0 Å². The molecular weight excluding hydrogens is 303 g/mol. The Morgan fingerprint density at radius 2 is 1.89 bits per heavy atom. The van der Waals surface area contributed by atoms with Gasteiger partial charge < -0.3 is 10.0 Å². The maximum atomic E-state index is 12.0. The van der Waals surface area contributed by atoms with Gasteiger partial charge in [-0.15, -0.1) is 0 Å². The predicted molar refractivity (Wildman–Crippen MR) is 69.8 cm³/mol. The van der Waals surface area contributed by atoms with Crippen molar-refractivity contribution >= 4 is 35.0 Å². The molecule has 0 radical (unpaired) electrons. The van der Waals surface area contributed by atoms with Crippen LogP contribution in [0.5, 0.6) is 0 Å².